The summed E-state index contributed by atoms with van der Waals surface area (Å²) in [5.74, 6) is -1.60. The Morgan fingerprint density at radius 1 is 0.940 bits per heavy atom. The number of hydrogen-bond acceptors (Lipinski definition) is 8. The van der Waals surface area contributed by atoms with Gasteiger partial charge in [-0.05, 0) is 61.1 Å². The van der Waals surface area contributed by atoms with E-state index in [1.165, 1.54) is 12.2 Å². The van der Waals surface area contributed by atoms with Crippen molar-refractivity contribution in [3.63, 3.8) is 0 Å². The molecule has 12 heteroatoms. The number of nitrogens with one attached hydrogen (secondary N) is 3. The van der Waals surface area contributed by atoms with Crippen LogP contribution in [-0.4, -0.2) is 61.0 Å². The average Bonchev–Trinajstić information content (AvgIpc) is 3.63. The number of esters is 1. The summed E-state index contributed by atoms with van der Waals surface area (Å²) < 4.78 is 10.6. The predicted octanol–water partition coefficient (Wildman–Crippen LogP) is 5.23. The fourth-order valence-electron chi connectivity index (χ4n) is 5.66. The van der Waals surface area contributed by atoms with Gasteiger partial charge in [-0.1, -0.05) is 82.5 Å². The molecule has 0 aliphatic heterocycles. The zero-order valence-electron chi connectivity index (χ0n) is 29.7. The highest BCUT2D eigenvalue weighted by Crippen LogP contribution is 2.26. The first-order valence-corrected chi connectivity index (χ1v) is 17.2. The maximum atomic E-state index is 13.4. The van der Waals surface area contributed by atoms with E-state index in [1.807, 2.05) is 50.2 Å². The van der Waals surface area contributed by atoms with Gasteiger partial charge >= 0.3 is 5.97 Å². The molecule has 3 aromatic rings. The van der Waals surface area contributed by atoms with Gasteiger partial charge in [-0.25, -0.2) is 9.86 Å². The molecule has 12 nitrogen and oxygen atoms in total. The monoisotopic (exact) mass is 690 g/mol. The van der Waals surface area contributed by atoms with Crippen molar-refractivity contribution < 1.29 is 38.0 Å². The molecule has 1 heterocycles. The Morgan fingerprint density at radius 3 is 2.34 bits per heavy atom. The summed E-state index contributed by atoms with van der Waals surface area (Å²) in [6.45, 7) is 7.70. The van der Waals surface area contributed by atoms with Crippen LogP contribution in [0.5, 0.6) is 0 Å². The third kappa shape index (κ3) is 11.6. The molecule has 0 spiro atoms. The molecule has 0 unspecified atom stereocenters. The number of aryl methyl sites for hydroxylation is 1. The molecule has 0 bridgehead atoms. The molecule has 3 atom stereocenters. The van der Waals surface area contributed by atoms with Gasteiger partial charge in [0, 0.05) is 5.56 Å². The summed E-state index contributed by atoms with van der Waals surface area (Å²) in [5.41, 5.74) is 3.24. The SMILES string of the molecule is CCCCC[C@@H](C(=O)NCNC(=O)c1ccc(-c2ccc(CC(=O)N[C@@H](CC)C(=O)OC)c(C)c2)o1)[C@@H](CC)N(C=O)OCc1ccccc1. The fraction of sp³-hybridized carbons (Fsp3) is 0.447. The lowest BCUT2D eigenvalue weighted by molar-refractivity contribution is -0.200. The number of hydrogen-bond donors (Lipinski definition) is 3. The number of unbranched alkanes of at least 4 members (excludes halogenated alkanes) is 2. The second-order valence-corrected chi connectivity index (χ2v) is 12.1. The van der Waals surface area contributed by atoms with Crippen LogP contribution in [0.3, 0.4) is 0 Å². The van der Waals surface area contributed by atoms with Gasteiger partial charge in [-0.2, -0.15) is 0 Å². The third-order valence-corrected chi connectivity index (χ3v) is 8.54. The third-order valence-electron chi connectivity index (χ3n) is 8.54. The molecule has 270 valence electrons. The van der Waals surface area contributed by atoms with Crippen LogP contribution in [0.4, 0.5) is 0 Å². The minimum absolute atomic E-state index is 0.0659. The van der Waals surface area contributed by atoms with Crippen LogP contribution in [0.15, 0.2) is 65.1 Å². The second kappa shape index (κ2) is 20.5. The molecule has 3 rings (SSSR count). The topological polar surface area (TPSA) is 156 Å². The minimum Gasteiger partial charge on any atom is -0.467 e. The minimum atomic E-state index is -0.703. The maximum absolute atomic E-state index is 13.4. The van der Waals surface area contributed by atoms with Crippen LogP contribution in [-0.2, 0) is 41.8 Å². The molecule has 0 aliphatic rings. The first kappa shape index (κ1) is 39.5. The van der Waals surface area contributed by atoms with Crippen molar-refractivity contribution in [2.75, 3.05) is 13.8 Å². The number of amides is 4. The Bertz CT molecular complexity index is 1560. The molecule has 1 aromatic heterocycles. The van der Waals surface area contributed by atoms with E-state index in [-0.39, 0.29) is 37.3 Å². The fourth-order valence-corrected chi connectivity index (χ4v) is 5.66. The quantitative estimate of drug-likeness (QED) is 0.0451. The lowest BCUT2D eigenvalue weighted by atomic mass is 9.90. The number of rotatable bonds is 21. The molecule has 0 saturated carbocycles. The van der Waals surface area contributed by atoms with Crippen molar-refractivity contribution in [2.45, 2.75) is 91.3 Å². The standard InChI is InChI=1S/C38H50N4O8/c1-6-9-11-16-30(32(8-3)42(25-43)49-23-27-14-12-10-13-15-27)36(45)39-24-40-37(46)34-20-19-33(50-34)29-18-17-28(26(4)21-29)22-35(44)41-31(7-2)38(47)48-5/h10,12-15,17-21,25,30-32H,6-9,11,16,22-24H2,1-5H3,(H,39,45)(H,40,46)(H,41,44)/t30-,31+,32-/m1/s1. The van der Waals surface area contributed by atoms with E-state index in [0.29, 0.717) is 31.4 Å². The summed E-state index contributed by atoms with van der Waals surface area (Å²) in [5, 5.41) is 9.42. The summed E-state index contributed by atoms with van der Waals surface area (Å²) >= 11 is 0. The van der Waals surface area contributed by atoms with E-state index in [0.717, 1.165) is 41.5 Å². The van der Waals surface area contributed by atoms with Crippen LogP contribution in [0.25, 0.3) is 11.3 Å². The molecule has 2 aromatic carbocycles. The van der Waals surface area contributed by atoms with Crippen molar-refractivity contribution in [1.82, 2.24) is 21.0 Å². The Labute approximate surface area is 294 Å². The first-order chi connectivity index (χ1) is 24.1. The van der Waals surface area contributed by atoms with Crippen LogP contribution in [0.2, 0.25) is 0 Å². The molecule has 50 heavy (non-hydrogen) atoms. The lowest BCUT2D eigenvalue weighted by Crippen LogP contribution is -2.48. The number of nitrogens with zero attached hydrogens (tertiary/aromatic N) is 1. The van der Waals surface area contributed by atoms with E-state index in [2.05, 4.69) is 22.9 Å². The van der Waals surface area contributed by atoms with Gasteiger partial charge in [0.05, 0.1) is 32.2 Å². The number of carbonyl (C=O) groups is 5. The molecular formula is C38H50N4O8. The van der Waals surface area contributed by atoms with Gasteiger partial charge in [-0.15, -0.1) is 0 Å². The Kier molecular flexibility index (Phi) is 16.2. The van der Waals surface area contributed by atoms with E-state index >= 15 is 0 Å². The van der Waals surface area contributed by atoms with E-state index in [4.69, 9.17) is 14.0 Å². The number of methoxy groups -OCH3 is 1. The van der Waals surface area contributed by atoms with E-state index in [9.17, 15) is 24.0 Å². The molecule has 0 saturated heterocycles. The number of furan rings is 1. The van der Waals surface area contributed by atoms with E-state index < -0.39 is 29.9 Å². The van der Waals surface area contributed by atoms with Crippen LogP contribution >= 0.6 is 0 Å². The maximum Gasteiger partial charge on any atom is 0.328 e. The summed E-state index contributed by atoms with van der Waals surface area (Å²) in [6, 6.07) is 17.0. The van der Waals surface area contributed by atoms with Gasteiger partial charge < -0.3 is 25.1 Å². The van der Waals surface area contributed by atoms with Crippen molar-refractivity contribution in [2.24, 2.45) is 5.92 Å². The Morgan fingerprint density at radius 2 is 1.70 bits per heavy atom. The average molecular weight is 691 g/mol. The highest BCUT2D eigenvalue weighted by Gasteiger charge is 2.32. The summed E-state index contributed by atoms with van der Waals surface area (Å²) in [7, 11) is 1.28. The highest BCUT2D eigenvalue weighted by atomic mass is 16.7. The highest BCUT2D eigenvalue weighted by molar-refractivity contribution is 5.92. The molecule has 4 amide bonds. The van der Waals surface area contributed by atoms with Crippen molar-refractivity contribution in [1.29, 1.82) is 0 Å². The first-order valence-electron chi connectivity index (χ1n) is 17.2. The van der Waals surface area contributed by atoms with Crippen molar-refractivity contribution >= 4 is 30.1 Å². The number of ether oxygens (including phenoxy) is 1. The van der Waals surface area contributed by atoms with Crippen LogP contribution in [0.1, 0.15) is 86.5 Å². The molecular weight excluding hydrogens is 640 g/mol. The number of hydroxylamine groups is 2. The number of carbonyl (C=O) groups excluding carboxylic acids is 5. The van der Waals surface area contributed by atoms with Gasteiger partial charge in [0.1, 0.15) is 18.4 Å². The Balaban J connectivity index is 1.59. The van der Waals surface area contributed by atoms with Gasteiger partial charge in [0.2, 0.25) is 18.2 Å². The predicted molar refractivity (Wildman–Crippen MR) is 188 cm³/mol. The van der Waals surface area contributed by atoms with Gasteiger partial charge in [-0.3, -0.25) is 24.0 Å². The van der Waals surface area contributed by atoms with Crippen LogP contribution < -0.4 is 16.0 Å². The van der Waals surface area contributed by atoms with Crippen molar-refractivity contribution in [3.8, 4) is 11.3 Å². The van der Waals surface area contributed by atoms with Crippen LogP contribution in [0, 0.1) is 12.8 Å². The molecule has 0 radical (unpaired) electrons. The summed E-state index contributed by atoms with van der Waals surface area (Å²) in [6.07, 6.45) is 4.91. The molecule has 0 fully saturated rings. The largest absolute Gasteiger partial charge is 0.467 e. The summed E-state index contributed by atoms with van der Waals surface area (Å²) in [4.78, 5) is 68.7. The van der Waals surface area contributed by atoms with Gasteiger partial charge in [0.15, 0.2) is 5.76 Å². The zero-order valence-corrected chi connectivity index (χ0v) is 29.7. The van der Waals surface area contributed by atoms with Crippen molar-refractivity contribution in [3.05, 3.63) is 83.1 Å². The molecule has 0 aliphatic carbocycles. The number of benzene rings is 2. The smallest absolute Gasteiger partial charge is 0.328 e. The molecule has 3 N–H and O–H groups in total. The van der Waals surface area contributed by atoms with E-state index in [1.54, 1.807) is 31.2 Å². The zero-order chi connectivity index (χ0) is 36.5. The lowest BCUT2D eigenvalue weighted by Gasteiger charge is -2.32. The second-order valence-electron chi connectivity index (χ2n) is 12.1. The Hall–Kier alpha value is -4.97. The van der Waals surface area contributed by atoms with Gasteiger partial charge in [0.25, 0.3) is 5.91 Å². The normalized spacial score (nSPS) is 12.7.